The van der Waals surface area contributed by atoms with Crippen molar-refractivity contribution in [2.24, 2.45) is 0 Å². The fourth-order valence-electron chi connectivity index (χ4n) is 1.00. The molecule has 0 saturated carbocycles. The highest BCUT2D eigenvalue weighted by atomic mass is 127. The van der Waals surface area contributed by atoms with Crippen LogP contribution in [0, 0.1) is 3.57 Å². The molecular weight excluding hydrogens is 354 g/mol. The Morgan fingerprint density at radius 3 is 2.81 bits per heavy atom. The van der Waals surface area contributed by atoms with Crippen molar-refractivity contribution in [1.82, 2.24) is 4.98 Å². The summed E-state index contributed by atoms with van der Waals surface area (Å²) in [5.41, 5.74) is 0.00142. The largest absolute Gasteiger partial charge is 0.469 e. The fraction of sp³-hybridized carbons (Fsp3) is 0.333. The number of carbonyl (C=O) groups is 1. The van der Waals surface area contributed by atoms with Gasteiger partial charge in [-0.1, -0.05) is 11.6 Å². The Hall–Kier alpha value is -0.500. The van der Waals surface area contributed by atoms with Crippen molar-refractivity contribution in [1.29, 1.82) is 0 Å². The van der Waals surface area contributed by atoms with Crippen LogP contribution in [0.1, 0.15) is 17.7 Å². The maximum absolute atomic E-state index is 12.4. The zero-order valence-corrected chi connectivity index (χ0v) is 11.1. The van der Waals surface area contributed by atoms with E-state index in [1.165, 1.54) is 13.2 Å². The van der Waals surface area contributed by atoms with Gasteiger partial charge in [-0.05, 0) is 28.7 Å². The third kappa shape index (κ3) is 3.24. The van der Waals surface area contributed by atoms with Gasteiger partial charge in [0.2, 0.25) is 0 Å². The van der Waals surface area contributed by atoms with Crippen LogP contribution >= 0.6 is 34.2 Å². The zero-order chi connectivity index (χ0) is 12.3. The van der Waals surface area contributed by atoms with E-state index in [2.05, 4.69) is 9.72 Å². The molecule has 88 valence electrons. The summed E-state index contributed by atoms with van der Waals surface area (Å²) in [6, 6.07) is 1.22. The summed E-state index contributed by atoms with van der Waals surface area (Å²) in [6.45, 7) is 0. The topological polar surface area (TPSA) is 39.2 Å². The van der Waals surface area contributed by atoms with Crippen molar-refractivity contribution in [3.8, 4) is 0 Å². The van der Waals surface area contributed by atoms with Crippen LogP contribution in [0.5, 0.6) is 0 Å². The van der Waals surface area contributed by atoms with Crippen LogP contribution in [0.4, 0.5) is 8.78 Å². The standard InChI is InChI=1S/C9H7ClF2INO2/c1-16-7(15)3-6-5(13)2-4(9(11)12)8(10)14-6/h2,9H,3H2,1H3. The van der Waals surface area contributed by atoms with E-state index in [4.69, 9.17) is 11.6 Å². The lowest BCUT2D eigenvalue weighted by molar-refractivity contribution is -0.139. The molecule has 16 heavy (non-hydrogen) atoms. The minimum atomic E-state index is -2.68. The van der Waals surface area contributed by atoms with Crippen LogP contribution < -0.4 is 0 Å². The summed E-state index contributed by atoms with van der Waals surface area (Å²) < 4.78 is 29.8. The van der Waals surface area contributed by atoms with E-state index < -0.39 is 12.4 Å². The minimum Gasteiger partial charge on any atom is -0.469 e. The van der Waals surface area contributed by atoms with Gasteiger partial charge in [0.1, 0.15) is 5.15 Å². The van der Waals surface area contributed by atoms with Gasteiger partial charge in [-0.25, -0.2) is 13.8 Å². The first kappa shape index (κ1) is 13.6. The van der Waals surface area contributed by atoms with Crippen molar-refractivity contribution in [2.45, 2.75) is 12.8 Å². The van der Waals surface area contributed by atoms with Crippen LogP contribution in [-0.2, 0) is 16.0 Å². The smallest absolute Gasteiger partial charge is 0.311 e. The molecule has 0 N–H and O–H groups in total. The predicted octanol–water partition coefficient (Wildman–Crippen LogP) is 2.99. The van der Waals surface area contributed by atoms with Crippen molar-refractivity contribution >= 4 is 40.2 Å². The summed E-state index contributed by atoms with van der Waals surface area (Å²) in [5.74, 6) is -0.494. The lowest BCUT2D eigenvalue weighted by Gasteiger charge is -2.07. The van der Waals surface area contributed by atoms with Gasteiger partial charge in [0, 0.05) is 3.57 Å². The molecule has 1 heterocycles. The van der Waals surface area contributed by atoms with Crippen LogP contribution in [0.2, 0.25) is 5.15 Å². The quantitative estimate of drug-likeness (QED) is 0.472. The molecule has 0 bridgehead atoms. The summed E-state index contributed by atoms with van der Waals surface area (Å²) >= 11 is 7.40. The first-order valence-electron chi connectivity index (χ1n) is 4.15. The molecule has 3 nitrogen and oxygen atoms in total. The normalized spacial score (nSPS) is 10.6. The number of carbonyl (C=O) groups excluding carboxylic acids is 1. The molecule has 1 rings (SSSR count). The van der Waals surface area contributed by atoms with Gasteiger partial charge < -0.3 is 4.74 Å². The van der Waals surface area contributed by atoms with Crippen molar-refractivity contribution in [3.63, 3.8) is 0 Å². The van der Waals surface area contributed by atoms with Gasteiger partial charge in [0.05, 0.1) is 24.8 Å². The van der Waals surface area contributed by atoms with Gasteiger partial charge in [-0.15, -0.1) is 0 Å². The Morgan fingerprint density at radius 2 is 2.31 bits per heavy atom. The third-order valence-corrected chi connectivity index (χ3v) is 3.04. The van der Waals surface area contributed by atoms with E-state index in [1.807, 2.05) is 22.6 Å². The number of rotatable bonds is 3. The number of ether oxygens (including phenoxy) is 1. The first-order valence-corrected chi connectivity index (χ1v) is 5.61. The van der Waals surface area contributed by atoms with Crippen molar-refractivity contribution in [3.05, 3.63) is 26.0 Å². The summed E-state index contributed by atoms with van der Waals surface area (Å²) in [7, 11) is 1.24. The lowest BCUT2D eigenvalue weighted by Crippen LogP contribution is -2.09. The van der Waals surface area contributed by atoms with E-state index in [1.54, 1.807) is 0 Å². The molecule has 0 amide bonds. The van der Waals surface area contributed by atoms with Gasteiger partial charge in [0.15, 0.2) is 0 Å². The molecule has 0 unspecified atom stereocenters. The highest BCUT2D eigenvalue weighted by molar-refractivity contribution is 14.1. The third-order valence-electron chi connectivity index (χ3n) is 1.80. The number of nitrogens with zero attached hydrogens (tertiary/aromatic N) is 1. The monoisotopic (exact) mass is 361 g/mol. The maximum atomic E-state index is 12.4. The first-order chi connectivity index (χ1) is 7.45. The van der Waals surface area contributed by atoms with Crippen molar-refractivity contribution in [2.75, 3.05) is 7.11 Å². The van der Waals surface area contributed by atoms with Crippen molar-refractivity contribution < 1.29 is 18.3 Å². The Balaban J connectivity index is 3.05. The number of aromatic nitrogens is 1. The second-order valence-electron chi connectivity index (χ2n) is 2.85. The molecule has 0 spiro atoms. The van der Waals surface area contributed by atoms with Crippen LogP contribution in [0.25, 0.3) is 0 Å². The van der Waals surface area contributed by atoms with Gasteiger partial charge >= 0.3 is 5.97 Å². The molecule has 0 radical (unpaired) electrons. The number of pyridine rings is 1. The number of hydrogen-bond acceptors (Lipinski definition) is 3. The second-order valence-corrected chi connectivity index (χ2v) is 4.37. The molecule has 0 saturated heterocycles. The molecule has 1 aromatic heterocycles. The molecule has 0 aliphatic carbocycles. The summed E-state index contributed by atoms with van der Waals surface area (Å²) in [4.78, 5) is 14.8. The predicted molar refractivity (Wildman–Crippen MR) is 62.6 cm³/mol. The van der Waals surface area contributed by atoms with Gasteiger partial charge in [-0.3, -0.25) is 4.79 Å². The Labute approximate surface area is 109 Å². The fourth-order valence-corrected chi connectivity index (χ4v) is 1.89. The molecule has 0 atom stereocenters. The molecule has 0 aliphatic heterocycles. The number of hydrogen-bond donors (Lipinski definition) is 0. The molecule has 1 aromatic rings. The summed E-state index contributed by atoms with van der Waals surface area (Å²) in [5, 5.41) is -0.283. The van der Waals surface area contributed by atoms with E-state index >= 15 is 0 Å². The van der Waals surface area contributed by atoms with E-state index in [0.717, 1.165) is 0 Å². The summed E-state index contributed by atoms with van der Waals surface area (Å²) in [6.07, 6.45) is -2.77. The average Bonchev–Trinajstić information content (AvgIpc) is 2.22. The van der Waals surface area contributed by atoms with E-state index in [0.29, 0.717) is 9.26 Å². The average molecular weight is 362 g/mol. The molecule has 0 aliphatic rings. The number of halogens is 4. The highest BCUT2D eigenvalue weighted by Crippen LogP contribution is 2.28. The maximum Gasteiger partial charge on any atom is 0.311 e. The Bertz CT molecular complexity index is 415. The molecule has 0 aromatic carbocycles. The molecule has 7 heteroatoms. The van der Waals surface area contributed by atoms with Crippen LogP contribution in [0.3, 0.4) is 0 Å². The Kier molecular flexibility index (Phi) is 4.85. The highest BCUT2D eigenvalue weighted by Gasteiger charge is 2.17. The van der Waals surface area contributed by atoms with Crippen LogP contribution in [0.15, 0.2) is 6.07 Å². The number of esters is 1. The molecular formula is C9H7ClF2INO2. The lowest BCUT2D eigenvalue weighted by atomic mass is 10.2. The SMILES string of the molecule is COC(=O)Cc1nc(Cl)c(C(F)F)cc1I. The van der Waals surface area contributed by atoms with Crippen LogP contribution in [-0.4, -0.2) is 18.1 Å². The van der Waals surface area contributed by atoms with E-state index in [-0.39, 0.29) is 17.1 Å². The van der Waals surface area contributed by atoms with E-state index in [9.17, 15) is 13.6 Å². The number of methoxy groups -OCH3 is 1. The van der Waals surface area contributed by atoms with Gasteiger partial charge in [0.25, 0.3) is 6.43 Å². The van der Waals surface area contributed by atoms with Gasteiger partial charge in [-0.2, -0.15) is 0 Å². The molecule has 0 fully saturated rings. The minimum absolute atomic E-state index is 0.0853. The zero-order valence-electron chi connectivity index (χ0n) is 8.14. The Morgan fingerprint density at radius 1 is 1.69 bits per heavy atom. The number of alkyl halides is 2. The second kappa shape index (κ2) is 5.72.